The van der Waals surface area contributed by atoms with Gasteiger partial charge in [0.25, 0.3) is 0 Å². The van der Waals surface area contributed by atoms with E-state index in [0.717, 1.165) is 12.8 Å². The van der Waals surface area contributed by atoms with Crippen LogP contribution in [-0.4, -0.2) is 34.2 Å². The van der Waals surface area contributed by atoms with Crippen LogP contribution in [0.15, 0.2) is 0 Å². The maximum absolute atomic E-state index is 12.1. The van der Waals surface area contributed by atoms with Crippen LogP contribution in [0.5, 0.6) is 0 Å². The van der Waals surface area contributed by atoms with E-state index in [1.54, 1.807) is 0 Å². The molecule has 0 aromatic rings. The van der Waals surface area contributed by atoms with Crippen LogP contribution >= 0.6 is 0 Å². The summed E-state index contributed by atoms with van der Waals surface area (Å²) in [5.41, 5.74) is -0.494. The number of carboxylic acid groups (broad SMARTS) is 1. The third-order valence-electron chi connectivity index (χ3n) is 3.62. The van der Waals surface area contributed by atoms with Crippen molar-refractivity contribution in [3.8, 4) is 0 Å². The van der Waals surface area contributed by atoms with Gasteiger partial charge in [-0.3, -0.25) is 9.59 Å². The molecule has 0 radical (unpaired) electrons. The summed E-state index contributed by atoms with van der Waals surface area (Å²) in [7, 11) is 0. The molecule has 3 N–H and O–H groups in total. The summed E-state index contributed by atoms with van der Waals surface area (Å²) >= 11 is 0. The van der Waals surface area contributed by atoms with Crippen molar-refractivity contribution < 1.29 is 19.8 Å². The lowest BCUT2D eigenvalue weighted by Crippen LogP contribution is -2.49. The summed E-state index contributed by atoms with van der Waals surface area (Å²) in [6.07, 6.45) is 3.46. The molecule has 18 heavy (non-hydrogen) atoms. The Balaban J connectivity index is 2.66. The average molecular weight is 257 g/mol. The predicted molar refractivity (Wildman–Crippen MR) is 67.0 cm³/mol. The highest BCUT2D eigenvalue weighted by Crippen LogP contribution is 2.31. The maximum atomic E-state index is 12.1. The van der Waals surface area contributed by atoms with Crippen LogP contribution in [0.1, 0.15) is 46.0 Å². The van der Waals surface area contributed by atoms with Crippen molar-refractivity contribution in [2.75, 3.05) is 6.61 Å². The highest BCUT2D eigenvalue weighted by Gasteiger charge is 2.37. The Labute approximate surface area is 108 Å². The number of aliphatic carboxylic acids is 1. The normalized spacial score (nSPS) is 24.6. The molecule has 1 saturated carbocycles. The average Bonchev–Trinajstić information content (AvgIpc) is 2.28. The second-order valence-corrected chi connectivity index (χ2v) is 5.68. The van der Waals surface area contributed by atoms with Gasteiger partial charge in [0.15, 0.2) is 0 Å². The van der Waals surface area contributed by atoms with Crippen molar-refractivity contribution in [3.05, 3.63) is 0 Å². The summed E-state index contributed by atoms with van der Waals surface area (Å²) in [5, 5.41) is 20.9. The molecule has 1 aliphatic rings. The quantitative estimate of drug-likeness (QED) is 0.689. The summed E-state index contributed by atoms with van der Waals surface area (Å²) in [4.78, 5) is 23.3. The molecule has 1 aliphatic carbocycles. The molecule has 0 bridgehead atoms. The predicted octanol–water partition coefficient (Wildman–Crippen LogP) is 1.15. The number of hydrogen-bond acceptors (Lipinski definition) is 3. The smallest absolute Gasteiger partial charge is 0.307 e. The Morgan fingerprint density at radius 2 is 1.78 bits per heavy atom. The molecular weight excluding hydrogens is 234 g/mol. The lowest BCUT2D eigenvalue weighted by Gasteiger charge is -2.32. The van der Waals surface area contributed by atoms with Gasteiger partial charge < -0.3 is 15.5 Å². The van der Waals surface area contributed by atoms with E-state index < -0.39 is 23.3 Å². The van der Waals surface area contributed by atoms with E-state index in [9.17, 15) is 9.59 Å². The molecule has 104 valence electrons. The number of carbonyl (C=O) groups excluding carboxylic acids is 1. The summed E-state index contributed by atoms with van der Waals surface area (Å²) < 4.78 is 0. The first kappa shape index (κ1) is 15.0. The Morgan fingerprint density at radius 1 is 1.22 bits per heavy atom. The van der Waals surface area contributed by atoms with Crippen molar-refractivity contribution >= 4 is 11.9 Å². The largest absolute Gasteiger partial charge is 0.481 e. The monoisotopic (exact) mass is 257 g/mol. The fraction of sp³-hybridized carbons (Fsp3) is 0.846. The van der Waals surface area contributed by atoms with Gasteiger partial charge in [0.1, 0.15) is 0 Å². The van der Waals surface area contributed by atoms with Crippen LogP contribution < -0.4 is 5.32 Å². The number of hydrogen-bond donors (Lipinski definition) is 3. The maximum Gasteiger partial charge on any atom is 0.307 e. The van der Waals surface area contributed by atoms with Crippen molar-refractivity contribution in [2.45, 2.75) is 51.5 Å². The van der Waals surface area contributed by atoms with Crippen LogP contribution in [-0.2, 0) is 9.59 Å². The summed E-state index contributed by atoms with van der Waals surface area (Å²) in [5.74, 6) is -2.08. The van der Waals surface area contributed by atoms with Crippen molar-refractivity contribution in [1.29, 1.82) is 0 Å². The molecule has 1 rings (SSSR count). The minimum atomic E-state index is -0.880. The van der Waals surface area contributed by atoms with E-state index in [1.807, 2.05) is 13.8 Å². The van der Waals surface area contributed by atoms with E-state index in [2.05, 4.69) is 5.32 Å². The van der Waals surface area contributed by atoms with Gasteiger partial charge in [0.05, 0.1) is 11.8 Å². The molecule has 5 heteroatoms. The second-order valence-electron chi connectivity index (χ2n) is 5.68. The Morgan fingerprint density at radius 3 is 2.28 bits per heavy atom. The van der Waals surface area contributed by atoms with E-state index >= 15 is 0 Å². The third-order valence-corrected chi connectivity index (χ3v) is 3.62. The first-order chi connectivity index (χ1) is 8.37. The Hall–Kier alpha value is -1.10. The van der Waals surface area contributed by atoms with Crippen LogP contribution in [0.3, 0.4) is 0 Å². The van der Waals surface area contributed by atoms with Crippen LogP contribution in [0.2, 0.25) is 0 Å². The van der Waals surface area contributed by atoms with Crippen LogP contribution in [0.4, 0.5) is 0 Å². The number of amides is 1. The van der Waals surface area contributed by atoms with Gasteiger partial charge in [-0.05, 0) is 33.1 Å². The number of nitrogens with one attached hydrogen (secondary N) is 1. The van der Waals surface area contributed by atoms with Gasteiger partial charge in [-0.2, -0.15) is 0 Å². The standard InChI is InChI=1S/C13H23NO4/c1-13(2,7-8-15)14-11(16)9-5-3-4-6-10(9)12(17)18/h9-10,15H,3-8H2,1-2H3,(H,14,16)(H,17,18)/t9-,10+/m1/s1. The SMILES string of the molecule is CC(C)(CCO)NC(=O)[C@@H]1CCCC[C@@H]1C(=O)O. The first-order valence-corrected chi connectivity index (χ1v) is 6.53. The number of aliphatic hydroxyl groups is 1. The molecule has 0 unspecified atom stereocenters. The van der Waals surface area contributed by atoms with Gasteiger partial charge in [0.2, 0.25) is 5.91 Å². The number of aliphatic hydroxyl groups excluding tert-OH is 1. The number of carboxylic acids is 1. The summed E-state index contributed by atoms with van der Waals surface area (Å²) in [6.45, 7) is 3.67. The van der Waals surface area contributed by atoms with Gasteiger partial charge in [-0.25, -0.2) is 0 Å². The molecule has 5 nitrogen and oxygen atoms in total. The molecule has 1 fully saturated rings. The van der Waals surface area contributed by atoms with Crippen molar-refractivity contribution in [1.82, 2.24) is 5.32 Å². The van der Waals surface area contributed by atoms with Gasteiger partial charge in [0, 0.05) is 12.1 Å². The lowest BCUT2D eigenvalue weighted by molar-refractivity contribution is -0.149. The van der Waals surface area contributed by atoms with E-state index in [1.165, 1.54) is 0 Å². The van der Waals surface area contributed by atoms with Crippen molar-refractivity contribution in [3.63, 3.8) is 0 Å². The molecule has 0 aromatic heterocycles. The van der Waals surface area contributed by atoms with Crippen LogP contribution in [0, 0.1) is 11.8 Å². The molecule has 0 saturated heterocycles. The molecule has 1 amide bonds. The Bertz CT molecular complexity index is 314. The van der Waals surface area contributed by atoms with Gasteiger partial charge in [-0.15, -0.1) is 0 Å². The van der Waals surface area contributed by atoms with Crippen LogP contribution in [0.25, 0.3) is 0 Å². The zero-order valence-corrected chi connectivity index (χ0v) is 11.1. The molecule has 0 aliphatic heterocycles. The molecule has 0 spiro atoms. The zero-order chi connectivity index (χ0) is 13.8. The van der Waals surface area contributed by atoms with E-state index in [0.29, 0.717) is 19.3 Å². The van der Waals surface area contributed by atoms with Crippen molar-refractivity contribution in [2.24, 2.45) is 11.8 Å². The fourth-order valence-electron chi connectivity index (χ4n) is 2.51. The Kier molecular flexibility index (Phi) is 5.14. The number of carbonyl (C=O) groups is 2. The molecule has 0 aromatic carbocycles. The highest BCUT2D eigenvalue weighted by molar-refractivity contribution is 5.85. The number of rotatable bonds is 5. The third kappa shape index (κ3) is 3.98. The molecule has 0 heterocycles. The minimum Gasteiger partial charge on any atom is -0.481 e. The highest BCUT2D eigenvalue weighted by atomic mass is 16.4. The van der Waals surface area contributed by atoms with E-state index in [-0.39, 0.29) is 12.5 Å². The van der Waals surface area contributed by atoms with Gasteiger partial charge >= 0.3 is 5.97 Å². The minimum absolute atomic E-state index is 0.000303. The van der Waals surface area contributed by atoms with E-state index in [4.69, 9.17) is 10.2 Å². The molecular formula is C13H23NO4. The zero-order valence-electron chi connectivity index (χ0n) is 11.1. The summed E-state index contributed by atoms with van der Waals surface area (Å²) in [6, 6.07) is 0. The first-order valence-electron chi connectivity index (χ1n) is 6.53. The second kappa shape index (κ2) is 6.18. The lowest BCUT2D eigenvalue weighted by atomic mass is 9.78. The molecule has 2 atom stereocenters. The fourth-order valence-corrected chi connectivity index (χ4v) is 2.51. The van der Waals surface area contributed by atoms with Gasteiger partial charge in [-0.1, -0.05) is 12.8 Å². The topological polar surface area (TPSA) is 86.6 Å².